The van der Waals surface area contributed by atoms with Gasteiger partial charge in [-0.2, -0.15) is 0 Å². The molecule has 0 N–H and O–H groups in total. The van der Waals surface area contributed by atoms with Gasteiger partial charge in [0, 0.05) is 1.37 Å². The fourth-order valence-electron chi connectivity index (χ4n) is 0.408. The Bertz CT molecular complexity index is 35.2. The fourth-order valence-corrected chi connectivity index (χ4v) is 0.408. The first-order valence-electron chi connectivity index (χ1n) is 3.31. The standard InChI is InChI=1S/C6H14/c1-3-5-6-4-2/h3-6H2,1-2H3/i5D. The summed E-state index contributed by atoms with van der Waals surface area (Å²) in [5, 5.41) is 0. The Kier molecular flexibility index (Phi) is 3.47. The van der Waals surface area contributed by atoms with E-state index in [1.807, 2.05) is 0 Å². The first-order valence-corrected chi connectivity index (χ1v) is 2.73. The topological polar surface area (TPSA) is 0 Å². The molecule has 38 valence electrons. The predicted molar refractivity (Wildman–Crippen MR) is 29.8 cm³/mol. The maximum absolute atomic E-state index is 7.22. The Balaban J connectivity index is 2.83. The van der Waals surface area contributed by atoms with E-state index in [-0.39, 0.29) is 6.40 Å². The minimum atomic E-state index is 0.199. The lowest BCUT2D eigenvalue weighted by molar-refractivity contribution is 0.702. The summed E-state index contributed by atoms with van der Waals surface area (Å²) in [6, 6.07) is 0. The molecule has 0 aromatic carbocycles. The second kappa shape index (κ2) is 5.00. The minimum absolute atomic E-state index is 0.199. The van der Waals surface area contributed by atoms with E-state index >= 15 is 0 Å². The Hall–Kier alpha value is 0. The van der Waals surface area contributed by atoms with Gasteiger partial charge in [-0.15, -0.1) is 0 Å². The number of hydrogen-bond acceptors (Lipinski definition) is 0. The van der Waals surface area contributed by atoms with Crippen LogP contribution in [0.25, 0.3) is 0 Å². The Morgan fingerprint density at radius 2 is 2.00 bits per heavy atom. The van der Waals surface area contributed by atoms with Gasteiger partial charge in [-0.3, -0.25) is 0 Å². The van der Waals surface area contributed by atoms with Crippen LogP contribution < -0.4 is 0 Å². The molecule has 0 heterocycles. The van der Waals surface area contributed by atoms with E-state index in [0.29, 0.717) is 0 Å². The van der Waals surface area contributed by atoms with Crippen molar-refractivity contribution in [2.24, 2.45) is 0 Å². The van der Waals surface area contributed by atoms with Crippen LogP contribution in [0.5, 0.6) is 0 Å². The quantitative estimate of drug-likeness (QED) is 0.496. The molecular weight excluding hydrogens is 72.1 g/mol. The molecule has 0 radical (unpaired) electrons. The molecule has 0 aliphatic rings. The Labute approximate surface area is 42.0 Å². The summed E-state index contributed by atoms with van der Waals surface area (Å²) in [6.07, 6.45) is 3.43. The highest BCUT2D eigenvalue weighted by atomic mass is 13.8. The third-order valence-electron chi connectivity index (χ3n) is 0.781. The summed E-state index contributed by atoms with van der Waals surface area (Å²) < 4.78 is 7.22. The molecule has 0 spiro atoms. The molecule has 0 saturated heterocycles. The van der Waals surface area contributed by atoms with Crippen LogP contribution in [-0.2, 0) is 0 Å². The van der Waals surface area contributed by atoms with E-state index in [0.717, 1.165) is 19.3 Å². The predicted octanol–water partition coefficient (Wildman–Crippen LogP) is 2.59. The summed E-state index contributed by atoms with van der Waals surface area (Å²) in [4.78, 5) is 0. The van der Waals surface area contributed by atoms with Crippen molar-refractivity contribution in [3.63, 3.8) is 0 Å². The number of rotatable bonds is 3. The van der Waals surface area contributed by atoms with Crippen molar-refractivity contribution in [2.45, 2.75) is 39.5 Å². The van der Waals surface area contributed by atoms with Crippen LogP contribution in [0.1, 0.15) is 40.9 Å². The van der Waals surface area contributed by atoms with Gasteiger partial charge in [-0.05, 0) is 0 Å². The summed E-state index contributed by atoms with van der Waals surface area (Å²) in [6.45, 7) is 4.19. The summed E-state index contributed by atoms with van der Waals surface area (Å²) in [5.41, 5.74) is 0. The van der Waals surface area contributed by atoms with Crippen LogP contribution in [0.15, 0.2) is 0 Å². The second-order valence-electron chi connectivity index (χ2n) is 1.49. The normalized spacial score (nSPS) is 16.7. The lowest BCUT2D eigenvalue weighted by atomic mass is 10.2. The molecule has 0 saturated carbocycles. The van der Waals surface area contributed by atoms with Crippen molar-refractivity contribution < 1.29 is 1.37 Å². The molecule has 6 heavy (non-hydrogen) atoms. The van der Waals surface area contributed by atoms with Gasteiger partial charge < -0.3 is 0 Å². The fraction of sp³-hybridized carbons (Fsp3) is 1.00. The van der Waals surface area contributed by atoms with Gasteiger partial charge in [0.2, 0.25) is 0 Å². The van der Waals surface area contributed by atoms with Crippen LogP contribution in [-0.4, -0.2) is 0 Å². The average Bonchev–Trinajstić information content (AvgIpc) is 1.68. The maximum Gasteiger partial charge on any atom is 0.0266 e. The summed E-state index contributed by atoms with van der Waals surface area (Å²) in [5.74, 6) is 0. The largest absolute Gasteiger partial charge is 0.0654 e. The van der Waals surface area contributed by atoms with Crippen LogP contribution >= 0.6 is 0 Å². The highest BCUT2D eigenvalue weighted by molar-refractivity contribution is 4.31. The molecule has 0 nitrogen and oxygen atoms in total. The molecule has 0 heteroatoms. The van der Waals surface area contributed by atoms with Crippen molar-refractivity contribution >= 4 is 0 Å². The molecule has 1 unspecified atom stereocenters. The van der Waals surface area contributed by atoms with Gasteiger partial charge >= 0.3 is 0 Å². The number of hydrogen-bond donors (Lipinski definition) is 0. The highest BCUT2D eigenvalue weighted by Crippen LogP contribution is 1.95. The zero-order valence-corrected chi connectivity index (χ0v) is 4.70. The van der Waals surface area contributed by atoms with Gasteiger partial charge in [0.1, 0.15) is 0 Å². The van der Waals surface area contributed by atoms with Gasteiger partial charge in [0.15, 0.2) is 0 Å². The van der Waals surface area contributed by atoms with Gasteiger partial charge in [-0.1, -0.05) is 39.5 Å². The smallest absolute Gasteiger partial charge is 0.0266 e. The van der Waals surface area contributed by atoms with Crippen LogP contribution in [0.3, 0.4) is 0 Å². The molecule has 0 aliphatic carbocycles. The molecule has 0 aromatic rings. The van der Waals surface area contributed by atoms with Crippen LogP contribution in [0.4, 0.5) is 0 Å². The molecule has 0 fully saturated rings. The zero-order chi connectivity index (χ0) is 5.70. The molecule has 1 atom stereocenters. The minimum Gasteiger partial charge on any atom is -0.0654 e. The van der Waals surface area contributed by atoms with Gasteiger partial charge in [0.05, 0.1) is 0 Å². The zero-order valence-electron chi connectivity index (χ0n) is 5.70. The van der Waals surface area contributed by atoms with Crippen molar-refractivity contribution in [3.8, 4) is 0 Å². The van der Waals surface area contributed by atoms with Crippen molar-refractivity contribution in [1.29, 1.82) is 0 Å². The van der Waals surface area contributed by atoms with Crippen molar-refractivity contribution in [1.82, 2.24) is 0 Å². The summed E-state index contributed by atoms with van der Waals surface area (Å²) >= 11 is 0. The molecular formula is C6H14. The van der Waals surface area contributed by atoms with E-state index in [1.165, 1.54) is 0 Å². The molecule has 0 amide bonds. The maximum atomic E-state index is 7.22. The molecule has 0 aromatic heterocycles. The van der Waals surface area contributed by atoms with Crippen LogP contribution in [0.2, 0.25) is 0 Å². The van der Waals surface area contributed by atoms with Crippen LogP contribution in [0, 0.1) is 0 Å². The van der Waals surface area contributed by atoms with E-state index in [1.54, 1.807) is 0 Å². The van der Waals surface area contributed by atoms with E-state index in [9.17, 15) is 0 Å². The Morgan fingerprint density at radius 3 is 2.17 bits per heavy atom. The van der Waals surface area contributed by atoms with E-state index in [4.69, 9.17) is 1.37 Å². The molecule has 0 aliphatic heterocycles. The molecule has 0 rings (SSSR count). The first kappa shape index (κ1) is 4.17. The third-order valence-corrected chi connectivity index (χ3v) is 0.781. The molecule has 0 bridgehead atoms. The Morgan fingerprint density at radius 1 is 1.33 bits per heavy atom. The average molecular weight is 87.2 g/mol. The van der Waals surface area contributed by atoms with E-state index in [2.05, 4.69) is 13.8 Å². The second-order valence-corrected chi connectivity index (χ2v) is 1.49. The SMILES string of the molecule is [2H]C(CC)CCC. The summed E-state index contributed by atoms with van der Waals surface area (Å²) in [7, 11) is 0. The van der Waals surface area contributed by atoms with Gasteiger partial charge in [0.25, 0.3) is 0 Å². The third kappa shape index (κ3) is 4.00. The van der Waals surface area contributed by atoms with Crippen molar-refractivity contribution in [3.05, 3.63) is 0 Å². The first-order chi connectivity index (χ1) is 3.31. The van der Waals surface area contributed by atoms with Gasteiger partial charge in [-0.25, -0.2) is 0 Å². The lowest BCUT2D eigenvalue weighted by Crippen LogP contribution is -1.66. The lowest BCUT2D eigenvalue weighted by Gasteiger charge is -1.86. The monoisotopic (exact) mass is 87.1 g/mol. The highest BCUT2D eigenvalue weighted by Gasteiger charge is 1.75. The van der Waals surface area contributed by atoms with Crippen molar-refractivity contribution in [2.75, 3.05) is 0 Å². The van der Waals surface area contributed by atoms with E-state index < -0.39 is 0 Å².